The molecule has 0 rings (SSSR count). The van der Waals surface area contributed by atoms with Gasteiger partial charge < -0.3 is 5.11 Å². The van der Waals surface area contributed by atoms with Crippen LogP contribution in [-0.2, 0) is 0 Å². The van der Waals surface area contributed by atoms with E-state index < -0.39 is 0 Å². The first kappa shape index (κ1) is 9.39. The summed E-state index contributed by atoms with van der Waals surface area (Å²) in [5, 5.41) is 8.52. The summed E-state index contributed by atoms with van der Waals surface area (Å²) in [6.45, 7) is 4.86. The van der Waals surface area contributed by atoms with Crippen LogP contribution >= 0.6 is 7.92 Å². The van der Waals surface area contributed by atoms with Gasteiger partial charge in [0.15, 0.2) is 0 Å². The highest BCUT2D eigenvalue weighted by Gasteiger charge is 1.99. The first-order valence-electron chi connectivity index (χ1n) is 3.68. The Balaban J connectivity index is 3.09. The van der Waals surface area contributed by atoms with Crippen LogP contribution in [0.3, 0.4) is 0 Å². The number of aliphatic hydroxyl groups excluding tert-OH is 1. The molecule has 1 N–H and O–H groups in total. The summed E-state index contributed by atoms with van der Waals surface area (Å²) >= 11 is 0. The third-order valence-corrected chi connectivity index (χ3v) is 4.26. The molecule has 0 unspecified atom stereocenters. The Morgan fingerprint density at radius 1 is 1.22 bits per heavy atom. The van der Waals surface area contributed by atoms with Crippen LogP contribution in [0.2, 0.25) is 0 Å². The van der Waals surface area contributed by atoms with Crippen LogP contribution in [0.1, 0.15) is 20.3 Å². The minimum Gasteiger partial charge on any atom is -0.396 e. The molecule has 0 heterocycles. The molecule has 1 nitrogen and oxygen atoms in total. The van der Waals surface area contributed by atoms with E-state index in [9.17, 15) is 0 Å². The molecule has 0 saturated heterocycles. The van der Waals surface area contributed by atoms with E-state index in [1.165, 1.54) is 18.5 Å². The fraction of sp³-hybridized carbons (Fsp3) is 1.00. The quantitative estimate of drug-likeness (QED) is 0.590. The van der Waals surface area contributed by atoms with Crippen molar-refractivity contribution in [3.63, 3.8) is 0 Å². The van der Waals surface area contributed by atoms with Crippen LogP contribution in [0, 0.1) is 0 Å². The smallest absolute Gasteiger partial charge is 0.0434 e. The minimum absolute atomic E-state index is 0.278. The standard InChI is InChI=1S/C7H17OP/c1-3-9(4-2)7-5-6-8/h8H,3-7H2,1-2H3. The first-order valence-corrected chi connectivity index (χ1v) is 5.58. The summed E-state index contributed by atoms with van der Waals surface area (Å²) in [5.74, 6) is 0. The summed E-state index contributed by atoms with van der Waals surface area (Å²) in [7, 11) is 0.278. The van der Waals surface area contributed by atoms with Gasteiger partial charge in [0.25, 0.3) is 0 Å². The van der Waals surface area contributed by atoms with Gasteiger partial charge in [0.2, 0.25) is 0 Å². The van der Waals surface area contributed by atoms with Gasteiger partial charge in [0.1, 0.15) is 0 Å². The van der Waals surface area contributed by atoms with Gasteiger partial charge in [0.05, 0.1) is 0 Å². The normalized spacial score (nSPS) is 10.7. The summed E-state index contributed by atoms with van der Waals surface area (Å²) < 4.78 is 0. The second kappa shape index (κ2) is 6.51. The second-order valence-corrected chi connectivity index (χ2v) is 5.16. The van der Waals surface area contributed by atoms with Crippen molar-refractivity contribution in [3.05, 3.63) is 0 Å². The maximum atomic E-state index is 8.52. The molecule has 9 heavy (non-hydrogen) atoms. The molecule has 0 atom stereocenters. The number of aliphatic hydroxyl groups is 1. The van der Waals surface area contributed by atoms with Crippen molar-refractivity contribution in [1.82, 2.24) is 0 Å². The monoisotopic (exact) mass is 148 g/mol. The zero-order valence-corrected chi connectivity index (χ0v) is 7.32. The lowest BCUT2D eigenvalue weighted by Gasteiger charge is -2.10. The molecule has 0 fully saturated rings. The molecule has 0 spiro atoms. The van der Waals surface area contributed by atoms with Gasteiger partial charge in [-0.1, -0.05) is 13.8 Å². The van der Waals surface area contributed by atoms with Crippen molar-refractivity contribution in [3.8, 4) is 0 Å². The second-order valence-electron chi connectivity index (χ2n) is 2.10. The Kier molecular flexibility index (Phi) is 6.79. The van der Waals surface area contributed by atoms with Crippen LogP contribution in [0.25, 0.3) is 0 Å². The van der Waals surface area contributed by atoms with Gasteiger partial charge in [-0.3, -0.25) is 0 Å². The third-order valence-electron chi connectivity index (χ3n) is 1.53. The van der Waals surface area contributed by atoms with Crippen molar-refractivity contribution in [2.75, 3.05) is 25.1 Å². The van der Waals surface area contributed by atoms with Crippen LogP contribution in [-0.4, -0.2) is 30.2 Å². The molecule has 0 amide bonds. The molecule has 2 heteroatoms. The Morgan fingerprint density at radius 3 is 2.11 bits per heavy atom. The van der Waals surface area contributed by atoms with Crippen LogP contribution in [0.4, 0.5) is 0 Å². The van der Waals surface area contributed by atoms with Crippen molar-refractivity contribution in [2.45, 2.75) is 20.3 Å². The topological polar surface area (TPSA) is 20.2 Å². The van der Waals surface area contributed by atoms with E-state index in [0.717, 1.165) is 6.42 Å². The van der Waals surface area contributed by atoms with Crippen LogP contribution in [0.5, 0.6) is 0 Å². The molecule has 0 aliphatic rings. The fourth-order valence-electron chi connectivity index (χ4n) is 0.834. The molecule has 0 aliphatic heterocycles. The van der Waals surface area contributed by atoms with Gasteiger partial charge in [-0.15, -0.1) is 7.92 Å². The molecule has 0 radical (unpaired) electrons. The molecule has 0 aliphatic carbocycles. The summed E-state index contributed by atoms with van der Waals surface area (Å²) in [5.41, 5.74) is 0. The van der Waals surface area contributed by atoms with Crippen LogP contribution < -0.4 is 0 Å². The fourth-order valence-corrected chi connectivity index (χ4v) is 2.50. The van der Waals surface area contributed by atoms with Gasteiger partial charge >= 0.3 is 0 Å². The average Bonchev–Trinajstić information content (AvgIpc) is 1.91. The van der Waals surface area contributed by atoms with Gasteiger partial charge in [-0.25, -0.2) is 0 Å². The molecule has 0 bridgehead atoms. The van der Waals surface area contributed by atoms with Gasteiger partial charge in [-0.2, -0.15) is 0 Å². The van der Waals surface area contributed by atoms with Crippen molar-refractivity contribution in [2.24, 2.45) is 0 Å². The average molecular weight is 148 g/mol. The maximum Gasteiger partial charge on any atom is 0.0434 e. The highest BCUT2D eigenvalue weighted by Crippen LogP contribution is 2.34. The molecule has 0 aromatic heterocycles. The third kappa shape index (κ3) is 4.87. The van der Waals surface area contributed by atoms with E-state index in [1.807, 2.05) is 0 Å². The number of rotatable bonds is 5. The molecule has 0 aromatic rings. The van der Waals surface area contributed by atoms with Crippen LogP contribution in [0.15, 0.2) is 0 Å². The zero-order valence-electron chi connectivity index (χ0n) is 6.43. The molecular formula is C7H17OP. The highest BCUT2D eigenvalue weighted by atomic mass is 31.1. The summed E-state index contributed by atoms with van der Waals surface area (Å²) in [6, 6.07) is 0. The van der Waals surface area contributed by atoms with Crippen molar-refractivity contribution >= 4 is 7.92 Å². The SMILES string of the molecule is CCP(CC)CCCO. The van der Waals surface area contributed by atoms with Crippen molar-refractivity contribution in [1.29, 1.82) is 0 Å². The van der Waals surface area contributed by atoms with E-state index in [4.69, 9.17) is 5.11 Å². The Bertz CT molecular complexity index is 52.9. The molecule has 56 valence electrons. The van der Waals surface area contributed by atoms with E-state index in [-0.39, 0.29) is 7.92 Å². The van der Waals surface area contributed by atoms with Gasteiger partial charge in [0, 0.05) is 6.61 Å². The van der Waals surface area contributed by atoms with Crippen molar-refractivity contribution < 1.29 is 5.11 Å². The Hall–Kier alpha value is 0.390. The molecule has 0 aromatic carbocycles. The lowest BCUT2D eigenvalue weighted by atomic mass is 10.5. The number of hydrogen-bond donors (Lipinski definition) is 1. The molecule has 0 saturated carbocycles. The molecular weight excluding hydrogens is 131 g/mol. The summed E-state index contributed by atoms with van der Waals surface area (Å²) in [6.07, 6.45) is 4.92. The first-order chi connectivity index (χ1) is 4.35. The largest absolute Gasteiger partial charge is 0.396 e. The van der Waals surface area contributed by atoms with E-state index >= 15 is 0 Å². The van der Waals surface area contributed by atoms with E-state index in [0.29, 0.717) is 6.61 Å². The van der Waals surface area contributed by atoms with E-state index in [2.05, 4.69) is 13.8 Å². The Labute approximate surface area is 59.2 Å². The maximum absolute atomic E-state index is 8.52. The van der Waals surface area contributed by atoms with Gasteiger partial charge in [-0.05, 0) is 24.9 Å². The predicted molar refractivity (Wildman–Crippen MR) is 44.6 cm³/mol. The minimum atomic E-state index is 0.278. The predicted octanol–water partition coefficient (Wildman–Crippen LogP) is 1.89. The Morgan fingerprint density at radius 2 is 1.78 bits per heavy atom. The number of hydrogen-bond acceptors (Lipinski definition) is 1. The zero-order chi connectivity index (χ0) is 7.11. The van der Waals surface area contributed by atoms with E-state index in [1.54, 1.807) is 0 Å². The lowest BCUT2D eigenvalue weighted by Crippen LogP contribution is -1.92. The summed E-state index contributed by atoms with van der Waals surface area (Å²) in [4.78, 5) is 0. The lowest BCUT2D eigenvalue weighted by molar-refractivity contribution is 0.296. The highest BCUT2D eigenvalue weighted by molar-refractivity contribution is 7.57.